The second-order valence-corrected chi connectivity index (χ2v) is 16.5. The minimum absolute atomic E-state index is 0. The predicted molar refractivity (Wildman–Crippen MR) is 198 cm³/mol. The number of hydrogen-bond acceptors (Lipinski definition) is 8. The van der Waals surface area contributed by atoms with Crippen LogP contribution in [0.25, 0.3) is 34.4 Å². The average Bonchev–Trinajstić information content (AvgIpc) is 3.45. The first-order chi connectivity index (χ1) is 24.3. The van der Waals surface area contributed by atoms with Gasteiger partial charge >= 0.3 is 37.7 Å². The van der Waals surface area contributed by atoms with E-state index >= 15 is 0 Å². The number of aliphatic carboxylic acids is 2. The minimum atomic E-state index is -3.28. The summed E-state index contributed by atoms with van der Waals surface area (Å²) in [5.74, 6) is -3.33. The Morgan fingerprint density at radius 1 is 0.566 bits per heavy atom. The normalized spacial score (nSPS) is 15.1. The topological polar surface area (TPSA) is 149 Å². The molecule has 2 aliphatic carbocycles. The molecule has 0 radical (unpaired) electrons. The van der Waals surface area contributed by atoms with Crippen molar-refractivity contribution in [2.75, 3.05) is 12.5 Å². The van der Waals surface area contributed by atoms with Gasteiger partial charge in [0.25, 0.3) is 0 Å². The third kappa shape index (κ3) is 9.68. The van der Waals surface area contributed by atoms with Gasteiger partial charge in [-0.2, -0.15) is 0 Å². The van der Waals surface area contributed by atoms with Crippen molar-refractivity contribution in [3.05, 3.63) is 141 Å². The van der Waals surface area contributed by atoms with Crippen LogP contribution in [0.3, 0.4) is 0 Å². The number of fused-ring (bicyclic) bond motifs is 2. The summed E-state index contributed by atoms with van der Waals surface area (Å²) in [6.07, 6.45) is 5.35. The Hall–Kier alpha value is -4.20. The van der Waals surface area contributed by atoms with Gasteiger partial charge in [-0.15, -0.1) is 0 Å². The van der Waals surface area contributed by atoms with Gasteiger partial charge in [-0.1, -0.05) is 36.4 Å². The summed E-state index contributed by atoms with van der Waals surface area (Å²) in [4.78, 5) is 22.6. The van der Waals surface area contributed by atoms with Crippen molar-refractivity contribution in [1.82, 2.24) is 0 Å². The monoisotopic (exact) mass is 782 g/mol. The van der Waals surface area contributed by atoms with Gasteiger partial charge < -0.3 is 19.8 Å². The van der Waals surface area contributed by atoms with Crippen molar-refractivity contribution in [2.24, 2.45) is 0 Å². The maximum absolute atomic E-state index is 13.6. The molecular weight excluding hydrogens is 751 g/mol. The molecular formula is C40H32CaF2O8S2. The van der Waals surface area contributed by atoms with Crippen LogP contribution in [0.4, 0.5) is 8.78 Å². The van der Waals surface area contributed by atoms with Gasteiger partial charge in [0, 0.05) is 37.3 Å². The molecule has 8 nitrogen and oxygen atoms in total. The number of carboxylic acids is 2. The van der Waals surface area contributed by atoms with Crippen LogP contribution in [0.1, 0.15) is 60.1 Å². The fraction of sp³-hybridized carbons (Fsp3) is 0.150. The SMILES string of the molecule is CC1=C(CC(=O)[O-])c2cc(F)ccc2/C1=C/c1ccc(S(C)(=O)=O)cc1.CC1=C(CC(=O)[O-])c2cc(F)ccc2/C1=C/c1ccc(S(C)(=O)=O)cc1.[Ca+2]. The van der Waals surface area contributed by atoms with Gasteiger partial charge in [-0.25, -0.2) is 25.6 Å². The number of carboxylic acid groups (broad SMARTS) is 2. The molecule has 0 saturated heterocycles. The summed E-state index contributed by atoms with van der Waals surface area (Å²) in [7, 11) is -6.55. The molecule has 13 heteroatoms. The van der Waals surface area contributed by atoms with Gasteiger partial charge in [-0.05, 0) is 141 Å². The molecule has 0 heterocycles. The minimum Gasteiger partial charge on any atom is -0.550 e. The average molecular weight is 783 g/mol. The first-order valence-corrected chi connectivity index (χ1v) is 19.6. The Labute approximate surface area is 336 Å². The number of halogens is 2. The van der Waals surface area contributed by atoms with Gasteiger partial charge in [0.1, 0.15) is 11.6 Å². The molecule has 0 aromatic heterocycles. The van der Waals surface area contributed by atoms with Gasteiger partial charge in [0.05, 0.1) is 9.79 Å². The molecule has 53 heavy (non-hydrogen) atoms. The zero-order valence-corrected chi connectivity index (χ0v) is 33.0. The fourth-order valence-corrected chi connectivity index (χ4v) is 7.47. The molecule has 6 rings (SSSR count). The molecule has 0 N–H and O–H groups in total. The second kappa shape index (κ2) is 16.4. The molecule has 4 aromatic rings. The third-order valence-electron chi connectivity index (χ3n) is 8.79. The molecule has 2 aliphatic rings. The van der Waals surface area contributed by atoms with Crippen LogP contribution in [0, 0.1) is 11.6 Å². The quantitative estimate of drug-likeness (QED) is 0.227. The smallest absolute Gasteiger partial charge is 0.550 e. The van der Waals surface area contributed by atoms with Crippen molar-refractivity contribution in [3.63, 3.8) is 0 Å². The van der Waals surface area contributed by atoms with E-state index in [0.717, 1.165) is 57.1 Å². The van der Waals surface area contributed by atoms with Crippen molar-refractivity contribution in [3.8, 4) is 0 Å². The number of hydrogen-bond donors (Lipinski definition) is 0. The number of carbonyl (C=O) groups is 2. The number of rotatable bonds is 8. The van der Waals surface area contributed by atoms with E-state index in [1.807, 2.05) is 12.2 Å². The Bertz CT molecular complexity index is 2310. The molecule has 0 aliphatic heterocycles. The molecule has 0 spiro atoms. The molecule has 0 unspecified atom stereocenters. The first kappa shape index (κ1) is 41.6. The van der Waals surface area contributed by atoms with E-state index in [9.17, 15) is 45.4 Å². The first-order valence-electron chi connectivity index (χ1n) is 15.8. The van der Waals surface area contributed by atoms with Gasteiger partial charge in [0.15, 0.2) is 19.7 Å². The number of sulfone groups is 2. The maximum atomic E-state index is 13.6. The van der Waals surface area contributed by atoms with Crippen LogP contribution in [-0.4, -0.2) is 79.0 Å². The second-order valence-electron chi connectivity index (χ2n) is 12.5. The Kier molecular flexibility index (Phi) is 12.9. The molecule has 0 bridgehead atoms. The Morgan fingerprint density at radius 3 is 1.17 bits per heavy atom. The van der Waals surface area contributed by atoms with Crippen molar-refractivity contribution >= 4 is 104 Å². The molecule has 268 valence electrons. The number of allylic oxidation sites excluding steroid dienone is 4. The van der Waals surface area contributed by atoms with Crippen LogP contribution < -0.4 is 10.2 Å². The van der Waals surface area contributed by atoms with E-state index in [0.29, 0.717) is 22.3 Å². The van der Waals surface area contributed by atoms with Crippen molar-refractivity contribution in [1.29, 1.82) is 0 Å². The van der Waals surface area contributed by atoms with Crippen LogP contribution in [-0.2, 0) is 29.3 Å². The standard InChI is InChI=1S/2C20H17FO4S.Ca/c2*1-12-17(9-13-3-6-15(7-4-13)26(2,24)25)16-8-5-14(21)10-19(16)18(12)11-20(22)23;/h2*3-10H,11H2,1-2H3,(H,22,23);/q;;+2/p-2/b2*17-9+;. The summed E-state index contributed by atoms with van der Waals surface area (Å²) in [6, 6.07) is 21.3. The summed E-state index contributed by atoms with van der Waals surface area (Å²) in [6.45, 7) is 3.57. The van der Waals surface area contributed by atoms with E-state index in [1.54, 1.807) is 50.2 Å². The van der Waals surface area contributed by atoms with E-state index in [4.69, 9.17) is 0 Å². The van der Waals surface area contributed by atoms with Gasteiger partial charge in [0.2, 0.25) is 0 Å². The van der Waals surface area contributed by atoms with E-state index in [-0.39, 0.29) is 60.4 Å². The third-order valence-corrected chi connectivity index (χ3v) is 11.0. The maximum Gasteiger partial charge on any atom is 2.00 e. The van der Waals surface area contributed by atoms with E-state index < -0.39 is 43.2 Å². The summed E-state index contributed by atoms with van der Waals surface area (Å²) >= 11 is 0. The van der Waals surface area contributed by atoms with E-state index in [1.165, 1.54) is 48.5 Å². The molecule has 0 amide bonds. The zero-order chi connectivity index (χ0) is 38.1. The molecule has 4 aromatic carbocycles. The molecule has 0 saturated carbocycles. The molecule has 0 atom stereocenters. The summed E-state index contributed by atoms with van der Waals surface area (Å²) in [5.41, 5.74) is 8.19. The van der Waals surface area contributed by atoms with Crippen LogP contribution >= 0.6 is 0 Å². The summed E-state index contributed by atoms with van der Waals surface area (Å²) < 4.78 is 73.5. The Morgan fingerprint density at radius 2 is 0.887 bits per heavy atom. The van der Waals surface area contributed by atoms with E-state index in [2.05, 4.69) is 0 Å². The van der Waals surface area contributed by atoms with Crippen molar-refractivity contribution < 1.29 is 45.4 Å². The van der Waals surface area contributed by atoms with Crippen molar-refractivity contribution in [2.45, 2.75) is 36.5 Å². The Balaban J connectivity index is 0.000000232. The molecule has 0 fully saturated rings. The largest absolute Gasteiger partial charge is 2.00 e. The summed E-state index contributed by atoms with van der Waals surface area (Å²) in [5, 5.41) is 22.2. The number of benzene rings is 4. The predicted octanol–water partition coefficient (Wildman–Crippen LogP) is 5.01. The zero-order valence-electron chi connectivity index (χ0n) is 29.2. The number of carbonyl (C=O) groups excluding carboxylic acids is 2. The van der Waals surface area contributed by atoms with Crippen LogP contribution in [0.15, 0.2) is 106 Å². The van der Waals surface area contributed by atoms with Crippen LogP contribution in [0.2, 0.25) is 0 Å². The fourth-order valence-electron chi connectivity index (χ4n) is 6.21. The van der Waals surface area contributed by atoms with Gasteiger partial charge in [-0.3, -0.25) is 0 Å². The van der Waals surface area contributed by atoms with Crippen LogP contribution in [0.5, 0.6) is 0 Å².